The molecular formula is C15H18N2S2. The Morgan fingerprint density at radius 1 is 1.26 bits per heavy atom. The number of hydrogen-bond acceptors (Lipinski definition) is 2. The topological polar surface area (TPSA) is 24.1 Å². The first-order valence-electron chi connectivity index (χ1n) is 6.35. The standard InChI is InChI=1S/C15H18N2S2/c1-3-11-6-8-12(9-7-11)14(17-15(18)16-2)13-5-4-10-19-13/h4-10,14H,3H2,1-2H3,(H2,16,17,18)/t14-/m0/s1. The second-order valence-electron chi connectivity index (χ2n) is 4.27. The second kappa shape index (κ2) is 6.68. The quantitative estimate of drug-likeness (QED) is 0.843. The molecule has 1 atom stereocenters. The lowest BCUT2D eigenvalue weighted by atomic mass is 10.0. The van der Waals surface area contributed by atoms with Crippen molar-refractivity contribution in [3.05, 3.63) is 57.8 Å². The lowest BCUT2D eigenvalue weighted by molar-refractivity contribution is 0.766. The Morgan fingerprint density at radius 2 is 2.00 bits per heavy atom. The molecule has 0 bridgehead atoms. The molecule has 0 aliphatic heterocycles. The molecule has 0 radical (unpaired) electrons. The molecule has 1 heterocycles. The zero-order valence-corrected chi connectivity index (χ0v) is 12.8. The van der Waals surface area contributed by atoms with E-state index in [1.54, 1.807) is 11.3 Å². The smallest absolute Gasteiger partial charge is 0.166 e. The van der Waals surface area contributed by atoms with E-state index < -0.39 is 0 Å². The SMILES string of the molecule is CCc1ccc([C@H](NC(=S)NC)c2cccs2)cc1. The largest absolute Gasteiger partial charge is 0.366 e. The molecule has 100 valence electrons. The van der Waals surface area contributed by atoms with Gasteiger partial charge in [-0.3, -0.25) is 0 Å². The number of aryl methyl sites for hydroxylation is 1. The van der Waals surface area contributed by atoms with Gasteiger partial charge in [-0.15, -0.1) is 11.3 Å². The van der Waals surface area contributed by atoms with Gasteiger partial charge in [0, 0.05) is 11.9 Å². The van der Waals surface area contributed by atoms with Gasteiger partial charge in [-0.25, -0.2) is 0 Å². The lowest BCUT2D eigenvalue weighted by Gasteiger charge is -2.19. The van der Waals surface area contributed by atoms with E-state index in [0.29, 0.717) is 5.11 Å². The van der Waals surface area contributed by atoms with E-state index in [1.165, 1.54) is 16.0 Å². The molecule has 0 amide bonds. The molecule has 2 rings (SSSR count). The minimum Gasteiger partial charge on any atom is -0.366 e. The Labute approximate surface area is 123 Å². The maximum absolute atomic E-state index is 5.24. The fourth-order valence-electron chi connectivity index (χ4n) is 1.92. The summed E-state index contributed by atoms with van der Waals surface area (Å²) < 4.78 is 0. The van der Waals surface area contributed by atoms with Gasteiger partial charge in [-0.1, -0.05) is 37.3 Å². The van der Waals surface area contributed by atoms with Crippen LogP contribution >= 0.6 is 23.6 Å². The Balaban J connectivity index is 2.28. The van der Waals surface area contributed by atoms with E-state index in [0.717, 1.165) is 6.42 Å². The van der Waals surface area contributed by atoms with Crippen LogP contribution < -0.4 is 10.6 Å². The summed E-state index contributed by atoms with van der Waals surface area (Å²) in [6, 6.07) is 13.0. The van der Waals surface area contributed by atoms with E-state index in [-0.39, 0.29) is 6.04 Å². The third-order valence-corrected chi connectivity index (χ3v) is 4.31. The highest BCUT2D eigenvalue weighted by Crippen LogP contribution is 2.26. The predicted octanol–water partition coefficient (Wildman–Crippen LogP) is 3.49. The summed E-state index contributed by atoms with van der Waals surface area (Å²) in [5, 5.41) is 9.08. The molecule has 0 saturated heterocycles. The van der Waals surface area contributed by atoms with Gasteiger partial charge in [0.05, 0.1) is 6.04 Å². The summed E-state index contributed by atoms with van der Waals surface area (Å²) in [5.41, 5.74) is 2.59. The summed E-state index contributed by atoms with van der Waals surface area (Å²) in [4.78, 5) is 1.27. The van der Waals surface area contributed by atoms with Crippen molar-refractivity contribution in [1.29, 1.82) is 0 Å². The van der Waals surface area contributed by atoms with Crippen molar-refractivity contribution in [1.82, 2.24) is 10.6 Å². The Hall–Kier alpha value is -1.39. The summed E-state index contributed by atoms with van der Waals surface area (Å²) in [5.74, 6) is 0. The first kappa shape index (κ1) is 14.0. The van der Waals surface area contributed by atoms with Crippen LogP contribution in [0.25, 0.3) is 0 Å². The molecular weight excluding hydrogens is 272 g/mol. The van der Waals surface area contributed by atoms with Gasteiger partial charge in [0.2, 0.25) is 0 Å². The summed E-state index contributed by atoms with van der Waals surface area (Å²) in [6.07, 6.45) is 1.06. The Kier molecular flexibility index (Phi) is 4.93. The Morgan fingerprint density at radius 3 is 2.53 bits per heavy atom. The number of hydrogen-bond donors (Lipinski definition) is 2. The van der Waals surface area contributed by atoms with E-state index in [9.17, 15) is 0 Å². The van der Waals surface area contributed by atoms with Gasteiger partial charge in [0.25, 0.3) is 0 Å². The summed E-state index contributed by atoms with van der Waals surface area (Å²) in [6.45, 7) is 2.17. The predicted molar refractivity (Wildman–Crippen MR) is 86.8 cm³/mol. The molecule has 2 aromatic rings. The third kappa shape index (κ3) is 3.55. The van der Waals surface area contributed by atoms with Gasteiger partial charge in [-0.05, 0) is 41.2 Å². The molecule has 1 aromatic heterocycles. The van der Waals surface area contributed by atoms with Crippen molar-refractivity contribution >= 4 is 28.7 Å². The second-order valence-corrected chi connectivity index (χ2v) is 5.65. The first-order chi connectivity index (χ1) is 9.24. The number of nitrogens with one attached hydrogen (secondary N) is 2. The molecule has 0 unspecified atom stereocenters. The zero-order chi connectivity index (χ0) is 13.7. The molecule has 0 aliphatic carbocycles. The van der Waals surface area contributed by atoms with Crippen molar-refractivity contribution in [2.45, 2.75) is 19.4 Å². The highest BCUT2D eigenvalue weighted by Gasteiger charge is 2.15. The number of benzene rings is 1. The highest BCUT2D eigenvalue weighted by molar-refractivity contribution is 7.80. The maximum Gasteiger partial charge on any atom is 0.166 e. The molecule has 2 N–H and O–H groups in total. The lowest BCUT2D eigenvalue weighted by Crippen LogP contribution is -2.35. The monoisotopic (exact) mass is 290 g/mol. The van der Waals surface area contributed by atoms with Crippen molar-refractivity contribution < 1.29 is 0 Å². The highest BCUT2D eigenvalue weighted by atomic mass is 32.1. The molecule has 4 heteroatoms. The van der Waals surface area contributed by atoms with Crippen LogP contribution in [0.5, 0.6) is 0 Å². The molecule has 0 fully saturated rings. The fourth-order valence-corrected chi connectivity index (χ4v) is 2.84. The van der Waals surface area contributed by atoms with Gasteiger partial charge in [-0.2, -0.15) is 0 Å². The fraction of sp³-hybridized carbons (Fsp3) is 0.267. The molecule has 1 aromatic carbocycles. The number of thiophene rings is 1. The number of rotatable bonds is 4. The van der Waals surface area contributed by atoms with Gasteiger partial charge >= 0.3 is 0 Å². The van der Waals surface area contributed by atoms with Crippen molar-refractivity contribution in [2.24, 2.45) is 0 Å². The molecule has 19 heavy (non-hydrogen) atoms. The van der Waals surface area contributed by atoms with Gasteiger partial charge in [0.15, 0.2) is 5.11 Å². The molecule has 0 saturated carbocycles. The molecule has 2 nitrogen and oxygen atoms in total. The van der Waals surface area contributed by atoms with Gasteiger partial charge in [0.1, 0.15) is 0 Å². The normalized spacial score (nSPS) is 11.9. The van der Waals surface area contributed by atoms with Crippen molar-refractivity contribution in [2.75, 3.05) is 7.05 Å². The van der Waals surface area contributed by atoms with E-state index in [2.05, 4.69) is 59.3 Å². The van der Waals surface area contributed by atoms with Crippen LogP contribution in [0.4, 0.5) is 0 Å². The minimum atomic E-state index is 0.117. The molecule has 0 spiro atoms. The molecule has 0 aliphatic rings. The van der Waals surface area contributed by atoms with Crippen LogP contribution in [-0.2, 0) is 6.42 Å². The van der Waals surface area contributed by atoms with Crippen LogP contribution in [0, 0.1) is 0 Å². The van der Waals surface area contributed by atoms with Crippen LogP contribution in [0.1, 0.15) is 29.0 Å². The Bertz CT molecular complexity index is 518. The zero-order valence-electron chi connectivity index (χ0n) is 11.1. The van der Waals surface area contributed by atoms with Gasteiger partial charge < -0.3 is 10.6 Å². The third-order valence-electron chi connectivity index (χ3n) is 3.05. The van der Waals surface area contributed by atoms with E-state index in [4.69, 9.17) is 12.2 Å². The number of thiocarbonyl (C=S) groups is 1. The van der Waals surface area contributed by atoms with E-state index >= 15 is 0 Å². The summed E-state index contributed by atoms with van der Waals surface area (Å²) >= 11 is 6.97. The van der Waals surface area contributed by atoms with Crippen LogP contribution in [0.15, 0.2) is 41.8 Å². The maximum atomic E-state index is 5.24. The van der Waals surface area contributed by atoms with Crippen molar-refractivity contribution in [3.63, 3.8) is 0 Å². The first-order valence-corrected chi connectivity index (χ1v) is 7.64. The van der Waals surface area contributed by atoms with Crippen molar-refractivity contribution in [3.8, 4) is 0 Å². The average Bonchev–Trinajstić information content (AvgIpc) is 2.98. The van der Waals surface area contributed by atoms with Crippen LogP contribution in [0.3, 0.4) is 0 Å². The average molecular weight is 290 g/mol. The van der Waals surface area contributed by atoms with Crippen LogP contribution in [0.2, 0.25) is 0 Å². The van der Waals surface area contributed by atoms with E-state index in [1.807, 2.05) is 7.05 Å². The minimum absolute atomic E-state index is 0.117. The van der Waals surface area contributed by atoms with Crippen LogP contribution in [-0.4, -0.2) is 12.2 Å². The summed E-state index contributed by atoms with van der Waals surface area (Å²) in [7, 11) is 1.83.